The number of pyridine rings is 1. The van der Waals surface area contributed by atoms with Crippen molar-refractivity contribution < 1.29 is 9.47 Å². The Morgan fingerprint density at radius 3 is 3.11 bits per heavy atom. The lowest BCUT2D eigenvalue weighted by Gasteiger charge is -2.23. The largest absolute Gasteiger partial charge is 0.397 e. The van der Waals surface area contributed by atoms with Crippen LogP contribution in [0, 0.1) is 0 Å². The topological polar surface area (TPSA) is 69.4 Å². The molecule has 5 heteroatoms. The Balaban J connectivity index is 1.79. The number of nitrogens with zero attached hydrogens (tertiary/aromatic N) is 1. The van der Waals surface area contributed by atoms with E-state index in [4.69, 9.17) is 15.2 Å². The fraction of sp³-hybridized carbons (Fsp3) is 0.357. The lowest BCUT2D eigenvalue weighted by atomic mass is 10.1. The number of para-hydroxylation sites is 1. The van der Waals surface area contributed by atoms with E-state index in [9.17, 15) is 0 Å². The van der Waals surface area contributed by atoms with Crippen LogP contribution in [-0.4, -0.2) is 37.5 Å². The molecule has 0 saturated carbocycles. The Labute approximate surface area is 111 Å². The van der Waals surface area contributed by atoms with Crippen molar-refractivity contribution in [3.8, 4) is 0 Å². The number of hydrogen-bond donors (Lipinski definition) is 2. The predicted octanol–water partition coefficient (Wildman–Crippen LogP) is 1.64. The van der Waals surface area contributed by atoms with E-state index >= 15 is 0 Å². The lowest BCUT2D eigenvalue weighted by Crippen LogP contribution is -2.34. The molecule has 1 aromatic heterocycles. The quantitative estimate of drug-likeness (QED) is 0.820. The Morgan fingerprint density at radius 1 is 1.32 bits per heavy atom. The van der Waals surface area contributed by atoms with Crippen molar-refractivity contribution in [2.45, 2.75) is 6.10 Å². The van der Waals surface area contributed by atoms with E-state index in [1.165, 1.54) is 0 Å². The van der Waals surface area contributed by atoms with Crippen molar-refractivity contribution in [1.82, 2.24) is 4.98 Å². The number of fused-ring (bicyclic) bond motifs is 1. The van der Waals surface area contributed by atoms with Gasteiger partial charge in [-0.05, 0) is 12.1 Å². The van der Waals surface area contributed by atoms with Gasteiger partial charge in [-0.3, -0.25) is 4.98 Å². The van der Waals surface area contributed by atoms with Gasteiger partial charge in [0.25, 0.3) is 0 Å². The molecular weight excluding hydrogens is 242 g/mol. The number of ether oxygens (including phenoxy) is 2. The summed E-state index contributed by atoms with van der Waals surface area (Å²) in [6.45, 7) is 2.70. The molecule has 1 aromatic carbocycles. The normalized spacial score (nSPS) is 19.5. The summed E-state index contributed by atoms with van der Waals surface area (Å²) in [5, 5.41) is 4.41. The highest BCUT2D eigenvalue weighted by Gasteiger charge is 2.14. The molecule has 2 aromatic rings. The minimum atomic E-state index is 0.0954. The summed E-state index contributed by atoms with van der Waals surface area (Å²) >= 11 is 0. The maximum Gasteiger partial charge on any atom is 0.0981 e. The first-order valence-corrected chi connectivity index (χ1v) is 6.41. The van der Waals surface area contributed by atoms with Gasteiger partial charge < -0.3 is 20.5 Å². The summed E-state index contributed by atoms with van der Waals surface area (Å²) < 4.78 is 11.0. The molecule has 3 N–H and O–H groups in total. The second kappa shape index (κ2) is 5.42. The van der Waals surface area contributed by atoms with Gasteiger partial charge in [0.15, 0.2) is 0 Å². The molecule has 1 fully saturated rings. The number of aromatic nitrogens is 1. The van der Waals surface area contributed by atoms with Crippen LogP contribution in [0.15, 0.2) is 30.5 Å². The smallest absolute Gasteiger partial charge is 0.0981 e. The van der Waals surface area contributed by atoms with E-state index in [1.54, 1.807) is 6.20 Å². The first kappa shape index (κ1) is 12.2. The molecule has 2 heterocycles. The van der Waals surface area contributed by atoms with E-state index in [1.807, 2.05) is 24.3 Å². The number of nitrogens with one attached hydrogen (secondary N) is 1. The zero-order valence-electron chi connectivity index (χ0n) is 10.6. The molecule has 0 aliphatic carbocycles. The zero-order chi connectivity index (χ0) is 13.1. The molecule has 1 atom stereocenters. The number of anilines is 2. The first-order chi connectivity index (χ1) is 9.34. The number of nitrogen functional groups attached to an aromatic ring is 1. The van der Waals surface area contributed by atoms with E-state index in [-0.39, 0.29) is 6.10 Å². The van der Waals surface area contributed by atoms with Gasteiger partial charge in [0.05, 0.1) is 37.1 Å². The van der Waals surface area contributed by atoms with Crippen LogP contribution in [0.3, 0.4) is 0 Å². The van der Waals surface area contributed by atoms with Crippen LogP contribution in [0.4, 0.5) is 11.4 Å². The summed E-state index contributed by atoms with van der Waals surface area (Å²) in [7, 11) is 0. The second-order valence-corrected chi connectivity index (χ2v) is 4.55. The van der Waals surface area contributed by atoms with Crippen LogP contribution in [0.1, 0.15) is 0 Å². The van der Waals surface area contributed by atoms with Crippen molar-refractivity contribution in [1.29, 1.82) is 0 Å². The second-order valence-electron chi connectivity index (χ2n) is 4.55. The molecule has 1 unspecified atom stereocenters. The molecule has 0 radical (unpaired) electrons. The average Bonchev–Trinajstić information content (AvgIpc) is 2.47. The van der Waals surface area contributed by atoms with Crippen molar-refractivity contribution >= 4 is 22.3 Å². The molecule has 3 rings (SSSR count). The minimum Gasteiger partial charge on any atom is -0.397 e. The van der Waals surface area contributed by atoms with Gasteiger partial charge in [-0.15, -0.1) is 0 Å². The fourth-order valence-electron chi connectivity index (χ4n) is 2.23. The summed E-state index contributed by atoms with van der Waals surface area (Å²) in [5.74, 6) is 0. The van der Waals surface area contributed by atoms with Crippen molar-refractivity contribution in [3.05, 3.63) is 30.5 Å². The van der Waals surface area contributed by atoms with Crippen LogP contribution >= 0.6 is 0 Å². The van der Waals surface area contributed by atoms with E-state index in [0.717, 1.165) is 16.6 Å². The van der Waals surface area contributed by atoms with Crippen LogP contribution in [0.5, 0.6) is 0 Å². The third-order valence-electron chi connectivity index (χ3n) is 3.21. The summed E-state index contributed by atoms with van der Waals surface area (Å²) in [6.07, 6.45) is 1.86. The zero-order valence-corrected chi connectivity index (χ0v) is 10.6. The van der Waals surface area contributed by atoms with Gasteiger partial charge >= 0.3 is 0 Å². The monoisotopic (exact) mass is 259 g/mol. The average molecular weight is 259 g/mol. The Kier molecular flexibility index (Phi) is 3.48. The highest BCUT2D eigenvalue weighted by Crippen LogP contribution is 2.25. The molecule has 1 aliphatic heterocycles. The number of rotatable bonds is 3. The molecule has 0 bridgehead atoms. The molecule has 0 spiro atoms. The van der Waals surface area contributed by atoms with Gasteiger partial charge in [0, 0.05) is 23.8 Å². The number of nitrogens with two attached hydrogens (primary N) is 1. The standard InChI is InChI=1S/C14H17N3O2/c15-12-3-1-2-11-13(4-5-16-14(11)12)17-8-10-9-18-6-7-19-10/h1-5,10H,6-9,15H2,(H,16,17). The van der Waals surface area contributed by atoms with Gasteiger partial charge in [-0.2, -0.15) is 0 Å². The molecule has 0 amide bonds. The molecule has 1 saturated heterocycles. The number of hydrogen-bond acceptors (Lipinski definition) is 5. The minimum absolute atomic E-state index is 0.0954. The van der Waals surface area contributed by atoms with Gasteiger partial charge in [-0.1, -0.05) is 12.1 Å². The maximum absolute atomic E-state index is 5.93. The van der Waals surface area contributed by atoms with Crippen LogP contribution in [0.2, 0.25) is 0 Å². The van der Waals surface area contributed by atoms with Crippen LogP contribution < -0.4 is 11.1 Å². The summed E-state index contributed by atoms with van der Waals surface area (Å²) in [4.78, 5) is 4.32. The third-order valence-corrected chi connectivity index (χ3v) is 3.21. The third kappa shape index (κ3) is 2.62. The maximum atomic E-state index is 5.93. The number of benzene rings is 1. The fourth-order valence-corrected chi connectivity index (χ4v) is 2.23. The Bertz CT molecular complexity index is 568. The van der Waals surface area contributed by atoms with Gasteiger partial charge in [-0.25, -0.2) is 0 Å². The molecule has 5 nitrogen and oxygen atoms in total. The summed E-state index contributed by atoms with van der Waals surface area (Å²) in [6, 6.07) is 7.76. The SMILES string of the molecule is Nc1cccc2c(NCC3COCCO3)ccnc12. The van der Waals surface area contributed by atoms with Crippen LogP contribution in [0.25, 0.3) is 10.9 Å². The van der Waals surface area contributed by atoms with Crippen LogP contribution in [-0.2, 0) is 9.47 Å². The van der Waals surface area contributed by atoms with Gasteiger partial charge in [0.1, 0.15) is 0 Å². The van der Waals surface area contributed by atoms with Gasteiger partial charge in [0.2, 0.25) is 0 Å². The van der Waals surface area contributed by atoms with Crippen molar-refractivity contribution in [2.24, 2.45) is 0 Å². The Hall–Kier alpha value is -1.85. The Morgan fingerprint density at radius 2 is 2.26 bits per heavy atom. The predicted molar refractivity (Wildman–Crippen MR) is 75.2 cm³/mol. The van der Waals surface area contributed by atoms with E-state index < -0.39 is 0 Å². The highest BCUT2D eigenvalue weighted by molar-refractivity contribution is 5.97. The molecule has 100 valence electrons. The van der Waals surface area contributed by atoms with E-state index in [2.05, 4.69) is 10.3 Å². The molecular formula is C14H17N3O2. The molecule has 19 heavy (non-hydrogen) atoms. The summed E-state index contributed by atoms with van der Waals surface area (Å²) in [5.41, 5.74) is 8.47. The lowest BCUT2D eigenvalue weighted by molar-refractivity contribution is -0.0818. The first-order valence-electron chi connectivity index (χ1n) is 6.41. The van der Waals surface area contributed by atoms with E-state index in [0.29, 0.717) is 32.1 Å². The van der Waals surface area contributed by atoms with Crippen molar-refractivity contribution in [2.75, 3.05) is 37.4 Å². The molecule has 1 aliphatic rings. The van der Waals surface area contributed by atoms with Crippen molar-refractivity contribution in [3.63, 3.8) is 0 Å². The highest BCUT2D eigenvalue weighted by atomic mass is 16.6.